The van der Waals surface area contributed by atoms with E-state index in [1.54, 1.807) is 0 Å². The van der Waals surface area contributed by atoms with Crippen molar-refractivity contribution in [3.8, 4) is 0 Å². The highest BCUT2D eigenvalue weighted by Gasteiger charge is 2.02. The topological polar surface area (TPSA) is 38.3 Å². The molecule has 3 heteroatoms. The van der Waals surface area contributed by atoms with Crippen LogP contribution in [0.5, 0.6) is 0 Å². The van der Waals surface area contributed by atoms with Crippen LogP contribution in [0.1, 0.15) is 51.4 Å². The fourth-order valence-corrected chi connectivity index (χ4v) is 1.84. The maximum absolute atomic E-state index is 11.2. The molecule has 15 heavy (non-hydrogen) atoms. The number of rotatable bonds is 0. The molecule has 0 bridgehead atoms. The van der Waals surface area contributed by atoms with Gasteiger partial charge in [-0.25, -0.2) is 0 Å². The van der Waals surface area contributed by atoms with E-state index in [4.69, 9.17) is 4.74 Å². The molecule has 0 atom stereocenters. The van der Waals surface area contributed by atoms with Crippen LogP contribution in [0.3, 0.4) is 0 Å². The lowest BCUT2D eigenvalue weighted by atomic mass is 10.1. The molecule has 1 saturated heterocycles. The zero-order chi connectivity index (χ0) is 10.8. The van der Waals surface area contributed by atoms with Crippen molar-refractivity contribution >= 4 is 5.97 Å². The molecular formula is C12H23NO2. The highest BCUT2D eigenvalue weighted by molar-refractivity contribution is 5.69. The summed E-state index contributed by atoms with van der Waals surface area (Å²) in [6.07, 6.45) is 9.25. The fourth-order valence-electron chi connectivity index (χ4n) is 1.84. The number of hydrogen-bond acceptors (Lipinski definition) is 3. The predicted molar refractivity (Wildman–Crippen MR) is 60.8 cm³/mol. The van der Waals surface area contributed by atoms with Gasteiger partial charge in [-0.15, -0.1) is 0 Å². The van der Waals surface area contributed by atoms with Crippen LogP contribution < -0.4 is 5.32 Å². The third kappa shape index (κ3) is 7.37. The largest absolute Gasteiger partial charge is 0.464 e. The summed E-state index contributed by atoms with van der Waals surface area (Å²) in [7, 11) is 0. The fraction of sp³-hybridized carbons (Fsp3) is 0.917. The van der Waals surface area contributed by atoms with Gasteiger partial charge in [-0.2, -0.15) is 0 Å². The van der Waals surface area contributed by atoms with Gasteiger partial charge < -0.3 is 10.1 Å². The van der Waals surface area contributed by atoms with Crippen LogP contribution in [0.15, 0.2) is 0 Å². The summed E-state index contributed by atoms with van der Waals surface area (Å²) >= 11 is 0. The lowest BCUT2D eigenvalue weighted by Crippen LogP contribution is -2.22. The first-order valence-corrected chi connectivity index (χ1v) is 6.26. The molecule has 88 valence electrons. The zero-order valence-electron chi connectivity index (χ0n) is 9.59. The van der Waals surface area contributed by atoms with Crippen molar-refractivity contribution in [2.24, 2.45) is 0 Å². The van der Waals surface area contributed by atoms with Gasteiger partial charge in [0.05, 0.1) is 0 Å². The van der Waals surface area contributed by atoms with Gasteiger partial charge in [0.15, 0.2) is 0 Å². The second kappa shape index (κ2) is 8.72. The Kier molecular flexibility index (Phi) is 7.26. The van der Waals surface area contributed by atoms with E-state index >= 15 is 0 Å². The number of hydrogen-bond donors (Lipinski definition) is 1. The van der Waals surface area contributed by atoms with Crippen molar-refractivity contribution < 1.29 is 9.53 Å². The number of nitrogens with one attached hydrogen (secondary N) is 1. The Morgan fingerprint density at radius 1 is 0.867 bits per heavy atom. The Labute approximate surface area is 92.6 Å². The Morgan fingerprint density at radius 3 is 2.33 bits per heavy atom. The summed E-state index contributed by atoms with van der Waals surface area (Å²) < 4.78 is 5.09. The predicted octanol–water partition coefficient (Wildman–Crippen LogP) is 2.25. The number of cyclic esters (lactones) is 1. The Hall–Kier alpha value is -0.570. The van der Waals surface area contributed by atoms with E-state index in [0.29, 0.717) is 13.0 Å². The van der Waals surface area contributed by atoms with Gasteiger partial charge in [-0.3, -0.25) is 4.79 Å². The summed E-state index contributed by atoms with van der Waals surface area (Å²) in [5.74, 6) is -0.0335. The molecule has 0 aromatic heterocycles. The first-order chi connectivity index (χ1) is 7.39. The van der Waals surface area contributed by atoms with Crippen LogP contribution in [0.4, 0.5) is 0 Å². The van der Waals surface area contributed by atoms with Crippen molar-refractivity contribution in [1.82, 2.24) is 5.32 Å². The summed E-state index contributed by atoms with van der Waals surface area (Å²) in [4.78, 5) is 11.2. The molecule has 3 nitrogen and oxygen atoms in total. The van der Waals surface area contributed by atoms with Crippen LogP contribution >= 0.6 is 0 Å². The molecule has 0 saturated carbocycles. The van der Waals surface area contributed by atoms with E-state index in [-0.39, 0.29) is 5.97 Å². The van der Waals surface area contributed by atoms with E-state index in [1.807, 2.05) is 0 Å². The Bertz CT molecular complexity index is 155. The third-order valence-electron chi connectivity index (χ3n) is 2.78. The van der Waals surface area contributed by atoms with Gasteiger partial charge in [-0.05, 0) is 19.4 Å². The number of ether oxygens (including phenoxy) is 1. The maximum atomic E-state index is 11.2. The normalized spacial score (nSPS) is 22.8. The minimum Gasteiger partial charge on any atom is -0.464 e. The molecule has 0 aromatic rings. The number of carbonyl (C=O) groups is 1. The average molecular weight is 213 g/mol. The lowest BCUT2D eigenvalue weighted by Gasteiger charge is -2.08. The minimum atomic E-state index is -0.0335. The molecule has 0 aromatic carbocycles. The molecule has 0 spiro atoms. The summed E-state index contributed by atoms with van der Waals surface area (Å²) in [6, 6.07) is 0. The molecule has 0 aliphatic carbocycles. The third-order valence-corrected chi connectivity index (χ3v) is 2.78. The summed E-state index contributed by atoms with van der Waals surface area (Å²) in [5.41, 5.74) is 0. The first-order valence-electron chi connectivity index (χ1n) is 6.26. The lowest BCUT2D eigenvalue weighted by molar-refractivity contribution is -0.143. The average Bonchev–Trinajstić information content (AvgIpc) is 2.24. The van der Waals surface area contributed by atoms with Gasteiger partial charge in [0.1, 0.15) is 6.61 Å². The molecule has 0 unspecified atom stereocenters. The summed E-state index contributed by atoms with van der Waals surface area (Å²) in [6.45, 7) is 2.38. The standard InChI is InChI=1S/C12H23NO2/c14-12-8-6-4-2-1-3-5-7-9-13-10-11-15-12/h13H,1-11H2. The van der Waals surface area contributed by atoms with E-state index in [1.165, 1.54) is 38.5 Å². The van der Waals surface area contributed by atoms with Gasteiger partial charge in [0, 0.05) is 13.0 Å². The van der Waals surface area contributed by atoms with E-state index in [2.05, 4.69) is 5.32 Å². The molecule has 1 aliphatic heterocycles. The molecule has 1 rings (SSSR count). The molecule has 1 fully saturated rings. The van der Waals surface area contributed by atoms with Crippen molar-refractivity contribution in [1.29, 1.82) is 0 Å². The zero-order valence-corrected chi connectivity index (χ0v) is 9.59. The first kappa shape index (κ1) is 12.5. The maximum Gasteiger partial charge on any atom is 0.305 e. The van der Waals surface area contributed by atoms with Crippen molar-refractivity contribution in [3.05, 3.63) is 0 Å². The van der Waals surface area contributed by atoms with Crippen LogP contribution in [0, 0.1) is 0 Å². The molecule has 1 N–H and O–H groups in total. The molecular weight excluding hydrogens is 190 g/mol. The smallest absolute Gasteiger partial charge is 0.305 e. The van der Waals surface area contributed by atoms with Gasteiger partial charge >= 0.3 is 5.97 Å². The molecule has 0 radical (unpaired) electrons. The second-order valence-corrected chi connectivity index (χ2v) is 4.20. The van der Waals surface area contributed by atoms with Gasteiger partial charge in [0.2, 0.25) is 0 Å². The van der Waals surface area contributed by atoms with Crippen molar-refractivity contribution in [3.63, 3.8) is 0 Å². The van der Waals surface area contributed by atoms with Crippen LogP contribution in [0.2, 0.25) is 0 Å². The van der Waals surface area contributed by atoms with E-state index < -0.39 is 0 Å². The Morgan fingerprint density at radius 2 is 1.53 bits per heavy atom. The monoisotopic (exact) mass is 213 g/mol. The number of carbonyl (C=O) groups excluding carboxylic acids is 1. The van der Waals surface area contributed by atoms with Gasteiger partial charge in [0.25, 0.3) is 0 Å². The van der Waals surface area contributed by atoms with Crippen LogP contribution in [0.25, 0.3) is 0 Å². The minimum absolute atomic E-state index is 0.0335. The van der Waals surface area contributed by atoms with E-state index in [0.717, 1.165) is 19.5 Å². The van der Waals surface area contributed by atoms with Crippen LogP contribution in [-0.4, -0.2) is 25.7 Å². The highest BCUT2D eigenvalue weighted by atomic mass is 16.5. The van der Waals surface area contributed by atoms with Crippen molar-refractivity contribution in [2.75, 3.05) is 19.7 Å². The SMILES string of the molecule is O=C1CCCCCCCCCNCCO1. The van der Waals surface area contributed by atoms with Crippen LogP contribution in [-0.2, 0) is 9.53 Å². The summed E-state index contributed by atoms with van der Waals surface area (Å²) in [5, 5.41) is 3.28. The van der Waals surface area contributed by atoms with Gasteiger partial charge in [-0.1, -0.05) is 32.1 Å². The molecule has 0 amide bonds. The van der Waals surface area contributed by atoms with Crippen molar-refractivity contribution in [2.45, 2.75) is 51.4 Å². The number of esters is 1. The van der Waals surface area contributed by atoms with E-state index in [9.17, 15) is 4.79 Å². The Balaban J connectivity index is 2.13. The molecule has 1 heterocycles. The quantitative estimate of drug-likeness (QED) is 0.627. The molecule has 1 aliphatic rings. The highest BCUT2D eigenvalue weighted by Crippen LogP contribution is 2.09. The second-order valence-electron chi connectivity index (χ2n) is 4.20.